The first-order valence-corrected chi connectivity index (χ1v) is 6.46. The average molecular weight is 282 g/mol. The van der Waals surface area contributed by atoms with Gasteiger partial charge in [-0.25, -0.2) is 0 Å². The van der Waals surface area contributed by atoms with Gasteiger partial charge in [0.05, 0.1) is 0 Å². The molecule has 2 aromatic carbocycles. The lowest BCUT2D eigenvalue weighted by atomic mass is 10.0. The molecule has 3 heteroatoms. The molecule has 0 amide bonds. The zero-order valence-corrected chi connectivity index (χ0v) is 11.7. The fourth-order valence-electron chi connectivity index (χ4n) is 1.73. The molecule has 2 aromatic rings. The highest BCUT2D eigenvalue weighted by Gasteiger charge is 2.11. The number of Topliss-reactive ketones (excluding diaryl/α,β-unsaturated/α-hetero) is 1. The summed E-state index contributed by atoms with van der Waals surface area (Å²) >= 11 is 5.78. The molecule has 0 aliphatic heterocycles. The van der Waals surface area contributed by atoms with E-state index in [-0.39, 0.29) is 11.4 Å². The van der Waals surface area contributed by atoms with Crippen molar-refractivity contribution < 1.29 is 4.79 Å². The van der Waals surface area contributed by atoms with Crippen LogP contribution in [0.5, 0.6) is 0 Å². The molecule has 0 N–H and O–H groups in total. The van der Waals surface area contributed by atoms with E-state index in [0.717, 1.165) is 11.1 Å². The minimum Gasteiger partial charge on any atom is -0.288 e. The zero-order chi connectivity index (χ0) is 14.5. The van der Waals surface area contributed by atoms with Crippen LogP contribution in [0.2, 0.25) is 5.02 Å². The molecule has 2 nitrogen and oxygen atoms in total. The van der Waals surface area contributed by atoms with E-state index in [1.54, 1.807) is 30.3 Å². The van der Waals surface area contributed by atoms with Gasteiger partial charge in [0.25, 0.3) is 0 Å². The Labute approximate surface area is 122 Å². The molecule has 0 radical (unpaired) electrons. The lowest BCUT2D eigenvalue weighted by Gasteiger charge is -2.00. The van der Waals surface area contributed by atoms with Crippen molar-refractivity contribution in [2.75, 3.05) is 0 Å². The molecule has 0 aromatic heterocycles. The zero-order valence-electron chi connectivity index (χ0n) is 10.9. The van der Waals surface area contributed by atoms with Gasteiger partial charge in [-0.2, -0.15) is 5.26 Å². The van der Waals surface area contributed by atoms with Gasteiger partial charge < -0.3 is 0 Å². The number of rotatable bonds is 3. The van der Waals surface area contributed by atoms with Gasteiger partial charge in [0.15, 0.2) is 0 Å². The van der Waals surface area contributed by atoms with Crippen molar-refractivity contribution in [2.45, 2.75) is 6.92 Å². The Morgan fingerprint density at radius 3 is 2.25 bits per heavy atom. The van der Waals surface area contributed by atoms with Gasteiger partial charge in [-0.15, -0.1) is 0 Å². The summed E-state index contributed by atoms with van der Waals surface area (Å²) < 4.78 is 0. The second-order valence-electron chi connectivity index (χ2n) is 4.42. The third-order valence-corrected chi connectivity index (χ3v) is 3.11. The number of ketones is 1. The maximum absolute atomic E-state index is 12.2. The van der Waals surface area contributed by atoms with Gasteiger partial charge in [-0.1, -0.05) is 41.4 Å². The summed E-state index contributed by atoms with van der Waals surface area (Å²) in [5.41, 5.74) is 2.52. The van der Waals surface area contributed by atoms with Crippen molar-refractivity contribution >= 4 is 23.5 Å². The third-order valence-electron chi connectivity index (χ3n) is 2.86. The Kier molecular flexibility index (Phi) is 4.34. The molecule has 0 heterocycles. The second kappa shape index (κ2) is 6.18. The molecule has 20 heavy (non-hydrogen) atoms. The number of hydrogen-bond donors (Lipinski definition) is 0. The summed E-state index contributed by atoms with van der Waals surface area (Å²) in [6.45, 7) is 1.98. The lowest BCUT2D eigenvalue weighted by Crippen LogP contribution is -2.01. The molecule has 98 valence electrons. The quantitative estimate of drug-likeness (QED) is 0.474. The van der Waals surface area contributed by atoms with Gasteiger partial charge in [0.1, 0.15) is 11.6 Å². The summed E-state index contributed by atoms with van der Waals surface area (Å²) in [4.78, 5) is 12.2. The fourth-order valence-corrected chi connectivity index (χ4v) is 1.86. The number of carbonyl (C=O) groups is 1. The Bertz CT molecular complexity index is 691. The van der Waals surface area contributed by atoms with E-state index in [9.17, 15) is 4.79 Å². The molecule has 0 spiro atoms. The number of halogens is 1. The number of nitriles is 1. The van der Waals surface area contributed by atoms with E-state index in [4.69, 9.17) is 16.9 Å². The first-order chi connectivity index (χ1) is 9.60. The number of nitrogens with zero attached hydrogens (tertiary/aromatic N) is 1. The summed E-state index contributed by atoms with van der Waals surface area (Å²) in [6.07, 6.45) is 1.59. The van der Waals surface area contributed by atoms with Gasteiger partial charge in [-0.3, -0.25) is 4.79 Å². The molecule has 0 unspecified atom stereocenters. The van der Waals surface area contributed by atoms with Crippen molar-refractivity contribution in [1.82, 2.24) is 0 Å². The number of hydrogen-bond acceptors (Lipinski definition) is 2. The summed E-state index contributed by atoms with van der Waals surface area (Å²) in [7, 11) is 0. The summed E-state index contributed by atoms with van der Waals surface area (Å²) in [5, 5.41) is 9.72. The van der Waals surface area contributed by atoms with Crippen LogP contribution in [0.25, 0.3) is 6.08 Å². The molecule has 0 bridgehead atoms. The van der Waals surface area contributed by atoms with Crippen LogP contribution < -0.4 is 0 Å². The van der Waals surface area contributed by atoms with Gasteiger partial charge in [0.2, 0.25) is 5.78 Å². The van der Waals surface area contributed by atoms with Crippen molar-refractivity contribution in [3.8, 4) is 6.07 Å². The van der Waals surface area contributed by atoms with Crippen molar-refractivity contribution in [3.05, 3.63) is 75.8 Å². The van der Waals surface area contributed by atoms with Crippen LogP contribution in [0.4, 0.5) is 0 Å². The Morgan fingerprint density at radius 1 is 1.10 bits per heavy atom. The second-order valence-corrected chi connectivity index (χ2v) is 4.85. The first kappa shape index (κ1) is 14.0. The maximum atomic E-state index is 12.2. The third kappa shape index (κ3) is 3.34. The molecule has 0 aliphatic carbocycles. The largest absolute Gasteiger partial charge is 0.288 e. The molecule has 0 fully saturated rings. The lowest BCUT2D eigenvalue weighted by molar-refractivity contribution is 0.104. The van der Waals surface area contributed by atoms with Gasteiger partial charge >= 0.3 is 0 Å². The van der Waals surface area contributed by atoms with Crippen LogP contribution in [0.15, 0.2) is 54.1 Å². The van der Waals surface area contributed by atoms with Crippen LogP contribution in [-0.2, 0) is 0 Å². The van der Waals surface area contributed by atoms with Crippen LogP contribution in [-0.4, -0.2) is 5.78 Å². The predicted molar refractivity (Wildman–Crippen MR) is 80.6 cm³/mol. The van der Waals surface area contributed by atoms with E-state index >= 15 is 0 Å². The molecular weight excluding hydrogens is 270 g/mol. The van der Waals surface area contributed by atoms with Crippen molar-refractivity contribution in [3.63, 3.8) is 0 Å². The molecule has 0 aliphatic rings. The molecule has 2 rings (SSSR count). The monoisotopic (exact) mass is 281 g/mol. The Morgan fingerprint density at radius 2 is 1.70 bits per heavy atom. The average Bonchev–Trinajstić information content (AvgIpc) is 2.47. The SMILES string of the molecule is Cc1ccc(/C=C(\C#N)C(=O)c2ccc(Cl)cc2)cc1. The Balaban J connectivity index is 2.32. The maximum Gasteiger partial charge on any atom is 0.203 e. The molecule has 0 saturated carbocycles. The predicted octanol–water partition coefficient (Wildman–Crippen LogP) is 4.44. The number of aryl methyl sites for hydroxylation is 1. The Hall–Kier alpha value is -2.37. The van der Waals surface area contributed by atoms with Crippen LogP contribution in [0.3, 0.4) is 0 Å². The van der Waals surface area contributed by atoms with E-state index in [1.807, 2.05) is 37.3 Å². The highest BCUT2D eigenvalue weighted by atomic mass is 35.5. The standard InChI is InChI=1S/C17H12ClNO/c1-12-2-4-13(5-3-12)10-15(11-19)17(20)14-6-8-16(18)9-7-14/h2-10H,1H3/b15-10+. The van der Waals surface area contributed by atoms with Crippen LogP contribution in [0.1, 0.15) is 21.5 Å². The van der Waals surface area contributed by atoms with Crippen molar-refractivity contribution in [2.24, 2.45) is 0 Å². The minimum atomic E-state index is -0.301. The summed E-state index contributed by atoms with van der Waals surface area (Å²) in [5.74, 6) is -0.301. The highest BCUT2D eigenvalue weighted by molar-refractivity contribution is 6.30. The first-order valence-electron chi connectivity index (χ1n) is 6.09. The smallest absolute Gasteiger partial charge is 0.203 e. The van der Waals surface area contributed by atoms with Gasteiger partial charge in [0, 0.05) is 10.6 Å². The number of allylic oxidation sites excluding steroid dienone is 1. The normalized spacial score (nSPS) is 10.9. The minimum absolute atomic E-state index is 0.108. The van der Waals surface area contributed by atoms with Crippen LogP contribution in [0, 0.1) is 18.3 Å². The number of benzene rings is 2. The van der Waals surface area contributed by atoms with E-state index in [0.29, 0.717) is 10.6 Å². The van der Waals surface area contributed by atoms with E-state index in [2.05, 4.69) is 0 Å². The van der Waals surface area contributed by atoms with Gasteiger partial charge in [-0.05, 0) is 42.8 Å². The fraction of sp³-hybridized carbons (Fsp3) is 0.0588. The van der Waals surface area contributed by atoms with Crippen molar-refractivity contribution in [1.29, 1.82) is 5.26 Å². The molecular formula is C17H12ClNO. The summed E-state index contributed by atoms with van der Waals surface area (Å²) in [6, 6.07) is 16.1. The molecule has 0 saturated heterocycles. The van der Waals surface area contributed by atoms with E-state index < -0.39 is 0 Å². The van der Waals surface area contributed by atoms with E-state index in [1.165, 1.54) is 0 Å². The van der Waals surface area contributed by atoms with Crippen LogP contribution >= 0.6 is 11.6 Å². The molecule has 0 atom stereocenters. The number of carbonyl (C=O) groups excluding carboxylic acids is 1. The topological polar surface area (TPSA) is 40.9 Å². The highest BCUT2D eigenvalue weighted by Crippen LogP contribution is 2.15.